The van der Waals surface area contributed by atoms with Gasteiger partial charge in [-0.05, 0) is 19.9 Å². The van der Waals surface area contributed by atoms with Crippen LogP contribution in [0.4, 0.5) is 0 Å². The molecule has 0 aromatic carbocycles. The van der Waals surface area contributed by atoms with Crippen molar-refractivity contribution < 1.29 is 9.90 Å². The summed E-state index contributed by atoms with van der Waals surface area (Å²) in [5.41, 5.74) is 0. The van der Waals surface area contributed by atoms with E-state index in [1.807, 2.05) is 0 Å². The van der Waals surface area contributed by atoms with Crippen LogP contribution in [0.5, 0.6) is 0 Å². The number of unbranched alkanes of at least 4 members (excludes halogenated alkanes) is 13. The minimum atomic E-state index is -0.792. The van der Waals surface area contributed by atoms with Gasteiger partial charge in [0.25, 0.3) is 0 Å². The number of rotatable bonds is 20. The highest BCUT2D eigenvalue weighted by Crippen LogP contribution is 2.12. The van der Waals surface area contributed by atoms with Crippen molar-refractivity contribution in [3.63, 3.8) is 0 Å². The molecule has 0 aromatic rings. The summed E-state index contributed by atoms with van der Waals surface area (Å²) in [5.74, 6) is -0.792. The van der Waals surface area contributed by atoms with E-state index in [-0.39, 0.29) is 6.54 Å². The molecule has 0 aliphatic heterocycles. The summed E-state index contributed by atoms with van der Waals surface area (Å²) in [6.45, 7) is 6.17. The summed E-state index contributed by atoms with van der Waals surface area (Å²) < 4.78 is 0. The van der Waals surface area contributed by atoms with Gasteiger partial charge < -0.3 is 15.7 Å². The van der Waals surface area contributed by atoms with E-state index in [1.54, 1.807) is 0 Å². The SMILES string of the molecule is CCCCCCCCCCCCCCCCNC(C)CNCC(=O)O. The molecule has 0 saturated heterocycles. The fourth-order valence-electron chi connectivity index (χ4n) is 3.14. The third-order valence-corrected chi connectivity index (χ3v) is 4.75. The first-order valence-corrected chi connectivity index (χ1v) is 10.8. The van der Waals surface area contributed by atoms with Crippen molar-refractivity contribution in [3.05, 3.63) is 0 Å². The van der Waals surface area contributed by atoms with Crippen molar-refractivity contribution in [2.75, 3.05) is 19.6 Å². The van der Waals surface area contributed by atoms with E-state index >= 15 is 0 Å². The van der Waals surface area contributed by atoms with Gasteiger partial charge >= 0.3 is 5.97 Å². The zero-order chi connectivity index (χ0) is 18.6. The van der Waals surface area contributed by atoms with E-state index in [4.69, 9.17) is 5.11 Å². The Morgan fingerprint density at radius 1 is 0.800 bits per heavy atom. The first-order valence-electron chi connectivity index (χ1n) is 10.8. The molecule has 0 radical (unpaired) electrons. The first kappa shape index (κ1) is 24.4. The van der Waals surface area contributed by atoms with Crippen LogP contribution >= 0.6 is 0 Å². The molecular formula is C21H44N2O2. The molecular weight excluding hydrogens is 312 g/mol. The third-order valence-electron chi connectivity index (χ3n) is 4.75. The second kappa shape index (κ2) is 19.7. The molecule has 0 aliphatic rings. The van der Waals surface area contributed by atoms with Crippen molar-refractivity contribution in [1.29, 1.82) is 0 Å². The summed E-state index contributed by atoms with van der Waals surface area (Å²) in [6.07, 6.45) is 19.5. The van der Waals surface area contributed by atoms with Crippen molar-refractivity contribution >= 4 is 5.97 Å². The molecule has 0 bridgehead atoms. The molecule has 1 unspecified atom stereocenters. The number of hydrogen-bond donors (Lipinski definition) is 3. The minimum Gasteiger partial charge on any atom is -0.480 e. The van der Waals surface area contributed by atoms with Gasteiger partial charge in [0.2, 0.25) is 0 Å². The summed E-state index contributed by atoms with van der Waals surface area (Å²) in [4.78, 5) is 10.4. The van der Waals surface area contributed by atoms with Gasteiger partial charge in [-0.1, -0.05) is 90.4 Å². The second-order valence-corrected chi connectivity index (χ2v) is 7.48. The molecule has 0 fully saturated rings. The molecule has 0 spiro atoms. The van der Waals surface area contributed by atoms with Crippen LogP contribution in [-0.4, -0.2) is 36.8 Å². The predicted molar refractivity (Wildman–Crippen MR) is 108 cm³/mol. The van der Waals surface area contributed by atoms with Gasteiger partial charge in [-0.25, -0.2) is 0 Å². The molecule has 3 N–H and O–H groups in total. The largest absolute Gasteiger partial charge is 0.480 e. The molecule has 0 aliphatic carbocycles. The zero-order valence-corrected chi connectivity index (χ0v) is 17.0. The Balaban J connectivity index is 3.10. The number of nitrogens with one attached hydrogen (secondary N) is 2. The van der Waals surface area contributed by atoms with Crippen LogP contribution in [0, 0.1) is 0 Å². The highest BCUT2D eigenvalue weighted by atomic mass is 16.4. The van der Waals surface area contributed by atoms with Gasteiger partial charge in [0, 0.05) is 12.6 Å². The van der Waals surface area contributed by atoms with Gasteiger partial charge in [-0.2, -0.15) is 0 Å². The summed E-state index contributed by atoms with van der Waals surface area (Å²) in [7, 11) is 0. The maximum absolute atomic E-state index is 10.4. The molecule has 25 heavy (non-hydrogen) atoms. The summed E-state index contributed by atoms with van der Waals surface area (Å²) >= 11 is 0. The maximum atomic E-state index is 10.4. The third kappa shape index (κ3) is 21.3. The van der Waals surface area contributed by atoms with Crippen LogP contribution in [0.25, 0.3) is 0 Å². The molecule has 150 valence electrons. The number of carboxylic acids is 1. The maximum Gasteiger partial charge on any atom is 0.317 e. The van der Waals surface area contributed by atoms with Crippen molar-refractivity contribution in [2.24, 2.45) is 0 Å². The molecule has 1 atom stereocenters. The normalized spacial score (nSPS) is 12.4. The Morgan fingerprint density at radius 2 is 1.24 bits per heavy atom. The van der Waals surface area contributed by atoms with E-state index in [1.165, 1.54) is 89.9 Å². The number of aliphatic carboxylic acids is 1. The quantitative estimate of drug-likeness (QED) is 0.265. The van der Waals surface area contributed by atoms with Gasteiger partial charge in [-0.3, -0.25) is 4.79 Å². The van der Waals surface area contributed by atoms with Gasteiger partial charge in [0.05, 0.1) is 6.54 Å². The van der Waals surface area contributed by atoms with E-state index in [0.29, 0.717) is 12.6 Å². The van der Waals surface area contributed by atoms with Gasteiger partial charge in [-0.15, -0.1) is 0 Å². The van der Waals surface area contributed by atoms with Gasteiger partial charge in [0.1, 0.15) is 0 Å². The molecule has 0 saturated carbocycles. The number of hydrogen-bond acceptors (Lipinski definition) is 3. The molecule has 4 heteroatoms. The molecule has 0 heterocycles. The Hall–Kier alpha value is -0.610. The second-order valence-electron chi connectivity index (χ2n) is 7.48. The lowest BCUT2D eigenvalue weighted by atomic mass is 10.0. The number of carboxylic acid groups (broad SMARTS) is 1. The van der Waals surface area contributed by atoms with E-state index in [9.17, 15) is 4.79 Å². The Bertz CT molecular complexity index is 285. The Labute approximate surface area is 156 Å². The minimum absolute atomic E-state index is 0.0465. The predicted octanol–water partition coefficient (Wildman–Crippen LogP) is 5.12. The average molecular weight is 357 g/mol. The molecule has 4 nitrogen and oxygen atoms in total. The number of carbonyl (C=O) groups is 1. The van der Waals surface area contributed by atoms with Crippen molar-refractivity contribution in [2.45, 2.75) is 110 Å². The lowest BCUT2D eigenvalue weighted by Crippen LogP contribution is -2.38. The molecule has 0 aromatic heterocycles. The van der Waals surface area contributed by atoms with E-state index in [0.717, 1.165) is 6.54 Å². The smallest absolute Gasteiger partial charge is 0.317 e. The van der Waals surface area contributed by atoms with Crippen LogP contribution in [-0.2, 0) is 4.79 Å². The average Bonchev–Trinajstić information content (AvgIpc) is 2.58. The fraction of sp³-hybridized carbons (Fsp3) is 0.952. The van der Waals surface area contributed by atoms with Crippen molar-refractivity contribution in [3.8, 4) is 0 Å². The highest BCUT2D eigenvalue weighted by Gasteiger charge is 2.02. The summed E-state index contributed by atoms with van der Waals surface area (Å²) in [6, 6.07) is 0.335. The van der Waals surface area contributed by atoms with E-state index in [2.05, 4.69) is 24.5 Å². The topological polar surface area (TPSA) is 61.4 Å². The Kier molecular flexibility index (Phi) is 19.2. The lowest BCUT2D eigenvalue weighted by Gasteiger charge is -2.13. The van der Waals surface area contributed by atoms with E-state index < -0.39 is 5.97 Å². The monoisotopic (exact) mass is 356 g/mol. The van der Waals surface area contributed by atoms with Crippen LogP contribution in [0.3, 0.4) is 0 Å². The van der Waals surface area contributed by atoms with Crippen LogP contribution in [0.1, 0.15) is 104 Å². The van der Waals surface area contributed by atoms with Crippen LogP contribution in [0.2, 0.25) is 0 Å². The van der Waals surface area contributed by atoms with Gasteiger partial charge in [0.15, 0.2) is 0 Å². The first-order chi connectivity index (χ1) is 12.2. The molecule has 0 amide bonds. The molecule has 0 rings (SSSR count). The standard InChI is InChI=1S/C21H44N2O2/c1-3-4-5-6-7-8-9-10-11-12-13-14-15-16-17-23-20(2)18-22-19-21(24)25/h20,22-23H,3-19H2,1-2H3,(H,24,25). The highest BCUT2D eigenvalue weighted by molar-refractivity contribution is 5.68. The fourth-order valence-corrected chi connectivity index (χ4v) is 3.14. The zero-order valence-electron chi connectivity index (χ0n) is 17.0. The Morgan fingerprint density at radius 3 is 1.68 bits per heavy atom. The lowest BCUT2D eigenvalue weighted by molar-refractivity contribution is -0.135. The van der Waals surface area contributed by atoms with Crippen LogP contribution in [0.15, 0.2) is 0 Å². The van der Waals surface area contributed by atoms with Crippen molar-refractivity contribution in [1.82, 2.24) is 10.6 Å². The van der Waals surface area contributed by atoms with Crippen LogP contribution < -0.4 is 10.6 Å². The summed E-state index contributed by atoms with van der Waals surface area (Å²) in [5, 5.41) is 14.9.